The number of aromatic amines is 1. The molecule has 18 heavy (non-hydrogen) atoms. The lowest BCUT2D eigenvalue weighted by atomic mass is 9.79. The summed E-state index contributed by atoms with van der Waals surface area (Å²) < 4.78 is 0. The Morgan fingerprint density at radius 1 is 1.33 bits per heavy atom. The molecule has 1 aromatic heterocycles. The third-order valence-electron chi connectivity index (χ3n) is 3.27. The molecule has 0 atom stereocenters. The normalized spacial score (nSPS) is 22.7. The predicted octanol–water partition coefficient (Wildman–Crippen LogP) is 1.45. The van der Waals surface area contributed by atoms with Crippen LogP contribution in [0.5, 0.6) is 0 Å². The summed E-state index contributed by atoms with van der Waals surface area (Å²) in [7, 11) is 0. The van der Waals surface area contributed by atoms with Gasteiger partial charge in [-0.3, -0.25) is 9.89 Å². The third-order valence-corrected chi connectivity index (χ3v) is 3.27. The second kappa shape index (κ2) is 4.39. The minimum absolute atomic E-state index is 0.0354. The van der Waals surface area contributed by atoms with Crippen molar-refractivity contribution in [2.75, 3.05) is 0 Å². The van der Waals surface area contributed by atoms with Crippen LogP contribution in [-0.2, 0) is 0 Å². The molecule has 1 fully saturated rings. The molecular formula is C13H22N4O. The highest BCUT2D eigenvalue weighted by Crippen LogP contribution is 2.28. The highest BCUT2D eigenvalue weighted by molar-refractivity contribution is 5.92. The number of H-pyrrole nitrogens is 1. The Kier molecular flexibility index (Phi) is 3.19. The standard InChI is InChI=1S/C13H22N4O/c1-12(2)7-9(8-13(3,4)17-12)15-11(18)10-5-6-14-16-10/h5-6,9,17H,7-8H2,1-4H3,(H,14,16)(H,15,18). The van der Waals surface area contributed by atoms with Crippen molar-refractivity contribution in [2.24, 2.45) is 0 Å². The van der Waals surface area contributed by atoms with Crippen LogP contribution in [0, 0.1) is 0 Å². The highest BCUT2D eigenvalue weighted by atomic mass is 16.2. The van der Waals surface area contributed by atoms with Crippen LogP contribution in [0.2, 0.25) is 0 Å². The molecule has 0 bridgehead atoms. The molecule has 2 heterocycles. The van der Waals surface area contributed by atoms with Crippen LogP contribution in [0.1, 0.15) is 51.0 Å². The second-order valence-corrected chi connectivity index (χ2v) is 6.44. The lowest BCUT2D eigenvalue weighted by molar-refractivity contribution is 0.0868. The van der Waals surface area contributed by atoms with Crippen molar-refractivity contribution in [3.05, 3.63) is 18.0 Å². The molecule has 0 saturated carbocycles. The summed E-state index contributed by atoms with van der Waals surface area (Å²) in [4.78, 5) is 12.0. The zero-order valence-corrected chi connectivity index (χ0v) is 11.5. The molecule has 1 amide bonds. The van der Waals surface area contributed by atoms with E-state index in [1.807, 2.05) is 0 Å². The largest absolute Gasteiger partial charge is 0.348 e. The van der Waals surface area contributed by atoms with Crippen molar-refractivity contribution in [1.82, 2.24) is 20.8 Å². The summed E-state index contributed by atoms with van der Waals surface area (Å²) in [6.07, 6.45) is 3.44. The Hall–Kier alpha value is -1.36. The monoisotopic (exact) mass is 250 g/mol. The smallest absolute Gasteiger partial charge is 0.269 e. The number of carbonyl (C=O) groups is 1. The van der Waals surface area contributed by atoms with Crippen LogP contribution < -0.4 is 10.6 Å². The molecule has 1 saturated heterocycles. The van der Waals surface area contributed by atoms with Gasteiger partial charge in [-0.1, -0.05) is 0 Å². The lowest BCUT2D eigenvalue weighted by Crippen LogP contribution is -2.62. The maximum absolute atomic E-state index is 12.0. The molecule has 5 nitrogen and oxygen atoms in total. The van der Waals surface area contributed by atoms with E-state index in [0.29, 0.717) is 5.69 Å². The van der Waals surface area contributed by atoms with Gasteiger partial charge >= 0.3 is 0 Å². The van der Waals surface area contributed by atoms with E-state index >= 15 is 0 Å². The quantitative estimate of drug-likeness (QED) is 0.744. The van der Waals surface area contributed by atoms with Gasteiger partial charge in [0, 0.05) is 23.3 Å². The number of aromatic nitrogens is 2. The molecule has 5 heteroatoms. The fourth-order valence-corrected chi connectivity index (χ4v) is 3.07. The molecule has 3 N–H and O–H groups in total. The number of nitrogens with zero attached hydrogens (tertiary/aromatic N) is 1. The average Bonchev–Trinajstić information content (AvgIpc) is 2.63. The molecule has 0 aromatic carbocycles. The van der Waals surface area contributed by atoms with Crippen molar-refractivity contribution in [3.63, 3.8) is 0 Å². The maximum Gasteiger partial charge on any atom is 0.269 e. The SMILES string of the molecule is CC1(C)CC(NC(=O)c2ccn[nH]2)CC(C)(C)N1. The Bertz CT molecular complexity index is 406. The minimum Gasteiger partial charge on any atom is -0.348 e. The van der Waals surface area contributed by atoms with Crippen LogP contribution in [0.25, 0.3) is 0 Å². The van der Waals surface area contributed by atoms with E-state index in [1.54, 1.807) is 12.3 Å². The number of rotatable bonds is 2. The zero-order chi connectivity index (χ0) is 13.4. The topological polar surface area (TPSA) is 69.8 Å². The van der Waals surface area contributed by atoms with Gasteiger partial charge in [0.25, 0.3) is 5.91 Å². The first kappa shape index (κ1) is 13.1. The molecule has 1 aromatic rings. The van der Waals surface area contributed by atoms with Gasteiger partial charge in [0.05, 0.1) is 0 Å². The molecular weight excluding hydrogens is 228 g/mol. The van der Waals surface area contributed by atoms with Gasteiger partial charge < -0.3 is 10.6 Å². The zero-order valence-electron chi connectivity index (χ0n) is 11.5. The molecule has 0 unspecified atom stereocenters. The first-order valence-corrected chi connectivity index (χ1v) is 6.37. The fourth-order valence-electron chi connectivity index (χ4n) is 3.07. The lowest BCUT2D eigenvalue weighted by Gasteiger charge is -2.46. The van der Waals surface area contributed by atoms with Crippen molar-refractivity contribution in [3.8, 4) is 0 Å². The van der Waals surface area contributed by atoms with Gasteiger partial charge in [0.1, 0.15) is 5.69 Å². The molecule has 0 radical (unpaired) electrons. The highest BCUT2D eigenvalue weighted by Gasteiger charge is 2.38. The van der Waals surface area contributed by atoms with Crippen molar-refractivity contribution < 1.29 is 4.79 Å². The summed E-state index contributed by atoms with van der Waals surface area (Å²) >= 11 is 0. The van der Waals surface area contributed by atoms with Crippen molar-refractivity contribution in [1.29, 1.82) is 0 Å². The Labute approximate surface area is 108 Å². The third kappa shape index (κ3) is 3.10. The van der Waals surface area contributed by atoms with E-state index in [2.05, 4.69) is 48.5 Å². The summed E-state index contributed by atoms with van der Waals surface area (Å²) in [5.41, 5.74) is 0.589. The summed E-state index contributed by atoms with van der Waals surface area (Å²) in [5, 5.41) is 13.2. The van der Waals surface area contributed by atoms with Crippen LogP contribution in [0.4, 0.5) is 0 Å². The van der Waals surface area contributed by atoms with E-state index in [4.69, 9.17) is 0 Å². The summed E-state index contributed by atoms with van der Waals surface area (Å²) in [6, 6.07) is 1.87. The van der Waals surface area contributed by atoms with E-state index < -0.39 is 0 Å². The van der Waals surface area contributed by atoms with Gasteiger partial charge in [-0.2, -0.15) is 5.10 Å². The fraction of sp³-hybridized carbons (Fsp3) is 0.692. The van der Waals surface area contributed by atoms with Gasteiger partial charge in [-0.15, -0.1) is 0 Å². The van der Waals surface area contributed by atoms with Gasteiger partial charge in [-0.05, 0) is 46.6 Å². The van der Waals surface area contributed by atoms with Gasteiger partial charge in [0.15, 0.2) is 0 Å². The van der Waals surface area contributed by atoms with E-state index in [9.17, 15) is 4.79 Å². The number of carbonyl (C=O) groups excluding carboxylic acids is 1. The first-order chi connectivity index (χ1) is 8.27. The van der Waals surface area contributed by atoms with Crippen LogP contribution >= 0.6 is 0 Å². The van der Waals surface area contributed by atoms with Crippen molar-refractivity contribution in [2.45, 2.75) is 57.7 Å². The number of piperidine rings is 1. The number of amides is 1. The number of hydrogen-bond donors (Lipinski definition) is 3. The molecule has 0 spiro atoms. The summed E-state index contributed by atoms with van der Waals surface area (Å²) in [6.45, 7) is 8.68. The first-order valence-electron chi connectivity index (χ1n) is 6.37. The van der Waals surface area contributed by atoms with E-state index in [1.165, 1.54) is 0 Å². The number of nitrogens with one attached hydrogen (secondary N) is 3. The van der Waals surface area contributed by atoms with Crippen LogP contribution in [-0.4, -0.2) is 33.2 Å². The Morgan fingerprint density at radius 3 is 2.44 bits per heavy atom. The van der Waals surface area contributed by atoms with Crippen molar-refractivity contribution >= 4 is 5.91 Å². The minimum atomic E-state index is -0.0778. The molecule has 2 rings (SSSR count). The van der Waals surface area contributed by atoms with Gasteiger partial charge in [-0.25, -0.2) is 0 Å². The predicted molar refractivity (Wildman–Crippen MR) is 70.4 cm³/mol. The van der Waals surface area contributed by atoms with E-state index in [-0.39, 0.29) is 23.0 Å². The molecule has 100 valence electrons. The molecule has 1 aliphatic rings. The second-order valence-electron chi connectivity index (χ2n) is 6.44. The Balaban J connectivity index is 2.03. The Morgan fingerprint density at radius 2 is 1.94 bits per heavy atom. The molecule has 0 aliphatic carbocycles. The van der Waals surface area contributed by atoms with E-state index in [0.717, 1.165) is 12.8 Å². The average molecular weight is 250 g/mol. The summed E-state index contributed by atoms with van der Waals surface area (Å²) in [5.74, 6) is -0.0778. The number of hydrogen-bond acceptors (Lipinski definition) is 3. The maximum atomic E-state index is 12.0. The van der Waals surface area contributed by atoms with Gasteiger partial charge in [0.2, 0.25) is 0 Å². The molecule has 1 aliphatic heterocycles. The van der Waals surface area contributed by atoms with Crippen LogP contribution in [0.3, 0.4) is 0 Å². The van der Waals surface area contributed by atoms with Crippen LogP contribution in [0.15, 0.2) is 12.3 Å².